The molecule has 13 heavy (non-hydrogen) atoms. The summed E-state index contributed by atoms with van der Waals surface area (Å²) in [5, 5.41) is 3.01. The lowest BCUT2D eigenvalue weighted by Crippen LogP contribution is -1.86. The summed E-state index contributed by atoms with van der Waals surface area (Å²) in [4.78, 5) is 10.7. The van der Waals surface area contributed by atoms with E-state index in [0.717, 1.165) is 17.5 Å². The van der Waals surface area contributed by atoms with Gasteiger partial charge < -0.3 is 5.32 Å². The highest BCUT2D eigenvalue weighted by Gasteiger charge is 1.90. The zero-order chi connectivity index (χ0) is 9.68. The molecule has 0 spiro atoms. The highest BCUT2D eigenvalue weighted by molar-refractivity contribution is 7.85. The van der Waals surface area contributed by atoms with Crippen LogP contribution in [0, 0.1) is 0 Å². The summed E-state index contributed by atoms with van der Waals surface area (Å²) in [6.07, 6.45) is 2.44. The Balaban J connectivity index is 2.86. The Kier molecular flexibility index (Phi) is 3.58. The van der Waals surface area contributed by atoms with Gasteiger partial charge in [-0.25, -0.2) is 0 Å². The first-order valence-corrected chi connectivity index (χ1v) is 4.34. The lowest BCUT2D eigenvalue weighted by Gasteiger charge is -1.99. The van der Waals surface area contributed by atoms with Crippen LogP contribution in [0.3, 0.4) is 0 Å². The van der Waals surface area contributed by atoms with Gasteiger partial charge >= 0.3 is 0 Å². The van der Waals surface area contributed by atoms with Crippen molar-refractivity contribution in [1.29, 1.82) is 0 Å². The molecule has 1 aromatic carbocycles. The van der Waals surface area contributed by atoms with E-state index in [0.29, 0.717) is 4.91 Å². The van der Waals surface area contributed by atoms with Crippen LogP contribution in [0.1, 0.15) is 5.56 Å². The van der Waals surface area contributed by atoms with E-state index in [-0.39, 0.29) is 0 Å². The molecule has 68 valence electrons. The van der Waals surface area contributed by atoms with Crippen molar-refractivity contribution in [3.8, 4) is 0 Å². The molecule has 3 heteroatoms. The number of thiol groups is 1. The maximum absolute atomic E-state index is 10.3. The van der Waals surface area contributed by atoms with Gasteiger partial charge in [-0.3, -0.25) is 4.79 Å². The van der Waals surface area contributed by atoms with Gasteiger partial charge in [0.25, 0.3) is 0 Å². The van der Waals surface area contributed by atoms with Gasteiger partial charge in [-0.2, -0.15) is 0 Å². The highest BCUT2D eigenvalue weighted by Crippen LogP contribution is 2.12. The Bertz CT molecular complexity index is 316. The molecule has 0 aromatic heterocycles. The number of carbonyl (C=O) groups excluding carboxylic acids is 1. The fourth-order valence-electron chi connectivity index (χ4n) is 0.951. The molecule has 0 unspecified atom stereocenters. The van der Waals surface area contributed by atoms with Crippen molar-refractivity contribution in [2.24, 2.45) is 0 Å². The lowest BCUT2D eigenvalue weighted by molar-refractivity contribution is -0.104. The maximum atomic E-state index is 10.3. The summed E-state index contributed by atoms with van der Waals surface area (Å²) in [5.74, 6) is 0. The molecule has 0 fully saturated rings. The lowest BCUT2D eigenvalue weighted by atomic mass is 10.2. The fourth-order valence-corrected chi connectivity index (χ4v) is 1.10. The molecule has 0 aliphatic rings. The van der Waals surface area contributed by atoms with Crippen LogP contribution in [0.15, 0.2) is 29.2 Å². The second-order valence-corrected chi connectivity index (χ2v) is 3.08. The second-order valence-electron chi connectivity index (χ2n) is 2.56. The standard InChI is InChI=1S/C10H11NOS/c1-11-9-4-2-8(3-5-9)6-10(13)7-12/h2-7,11,13H,1H3/b10-6+. The Morgan fingerprint density at radius 3 is 2.46 bits per heavy atom. The predicted molar refractivity (Wildman–Crippen MR) is 59.0 cm³/mol. The van der Waals surface area contributed by atoms with Crippen molar-refractivity contribution in [2.75, 3.05) is 12.4 Å². The summed E-state index contributed by atoms with van der Waals surface area (Å²) in [6.45, 7) is 0. The Morgan fingerprint density at radius 2 is 2.00 bits per heavy atom. The van der Waals surface area contributed by atoms with Crippen LogP contribution in [-0.2, 0) is 4.79 Å². The van der Waals surface area contributed by atoms with E-state index in [2.05, 4.69) is 17.9 Å². The van der Waals surface area contributed by atoms with Crippen molar-refractivity contribution in [3.05, 3.63) is 34.7 Å². The number of rotatable bonds is 3. The molecule has 0 aliphatic carbocycles. The number of hydrogen-bond donors (Lipinski definition) is 2. The third-order valence-corrected chi connectivity index (χ3v) is 1.87. The van der Waals surface area contributed by atoms with E-state index >= 15 is 0 Å². The molecule has 2 nitrogen and oxygen atoms in total. The van der Waals surface area contributed by atoms with Gasteiger partial charge in [-0.1, -0.05) is 12.1 Å². The molecule has 1 aromatic rings. The molecule has 0 aliphatic heterocycles. The first-order chi connectivity index (χ1) is 6.26. The van der Waals surface area contributed by atoms with E-state index in [4.69, 9.17) is 0 Å². The highest BCUT2D eigenvalue weighted by atomic mass is 32.1. The third kappa shape index (κ3) is 2.95. The zero-order valence-electron chi connectivity index (χ0n) is 7.32. The molecule has 0 heterocycles. The molecule has 0 saturated carbocycles. The number of benzene rings is 1. The predicted octanol–water partition coefficient (Wildman–Crippen LogP) is 2.20. The first kappa shape index (κ1) is 9.86. The largest absolute Gasteiger partial charge is 0.388 e. The van der Waals surface area contributed by atoms with E-state index in [9.17, 15) is 4.79 Å². The molecule has 1 N–H and O–H groups in total. The van der Waals surface area contributed by atoms with Crippen LogP contribution in [0.2, 0.25) is 0 Å². The van der Waals surface area contributed by atoms with E-state index in [1.54, 1.807) is 6.08 Å². The van der Waals surface area contributed by atoms with Crippen molar-refractivity contribution < 1.29 is 4.79 Å². The average molecular weight is 193 g/mol. The van der Waals surface area contributed by atoms with Crippen molar-refractivity contribution in [1.82, 2.24) is 0 Å². The summed E-state index contributed by atoms with van der Waals surface area (Å²) in [7, 11) is 1.86. The SMILES string of the molecule is CNc1ccc(/C=C(/S)C=O)cc1. The van der Waals surface area contributed by atoms with Crippen LogP contribution < -0.4 is 5.32 Å². The van der Waals surface area contributed by atoms with Gasteiger partial charge in [0.05, 0.1) is 0 Å². The molecular weight excluding hydrogens is 182 g/mol. The van der Waals surface area contributed by atoms with Gasteiger partial charge in [-0.05, 0) is 23.8 Å². The molecular formula is C10H11NOS. The minimum absolute atomic E-state index is 0.428. The van der Waals surface area contributed by atoms with Gasteiger partial charge in [0.15, 0.2) is 6.29 Å². The summed E-state index contributed by atoms with van der Waals surface area (Å²) < 4.78 is 0. The molecule has 0 bridgehead atoms. The summed E-state index contributed by atoms with van der Waals surface area (Å²) >= 11 is 3.97. The quantitative estimate of drug-likeness (QED) is 0.438. The third-order valence-electron chi connectivity index (χ3n) is 1.63. The minimum atomic E-state index is 0.428. The van der Waals surface area contributed by atoms with Gasteiger partial charge in [0, 0.05) is 17.6 Å². The van der Waals surface area contributed by atoms with Gasteiger partial charge in [-0.15, -0.1) is 12.6 Å². The number of carbonyl (C=O) groups is 1. The minimum Gasteiger partial charge on any atom is -0.388 e. The van der Waals surface area contributed by atoms with Crippen LogP contribution in [0.4, 0.5) is 5.69 Å². The van der Waals surface area contributed by atoms with Crippen molar-refractivity contribution in [3.63, 3.8) is 0 Å². The summed E-state index contributed by atoms with van der Waals surface area (Å²) in [6, 6.07) is 7.73. The van der Waals surface area contributed by atoms with E-state index in [1.807, 2.05) is 31.3 Å². The smallest absolute Gasteiger partial charge is 0.156 e. The zero-order valence-corrected chi connectivity index (χ0v) is 8.21. The topological polar surface area (TPSA) is 29.1 Å². The van der Waals surface area contributed by atoms with Crippen molar-refractivity contribution >= 4 is 30.7 Å². The number of hydrogen-bond acceptors (Lipinski definition) is 3. The molecule has 0 atom stereocenters. The number of nitrogens with one attached hydrogen (secondary N) is 1. The van der Waals surface area contributed by atoms with E-state index < -0.39 is 0 Å². The number of anilines is 1. The Morgan fingerprint density at radius 1 is 1.38 bits per heavy atom. The Labute approximate surface area is 83.1 Å². The molecule has 0 amide bonds. The van der Waals surface area contributed by atoms with Gasteiger partial charge in [0.1, 0.15) is 0 Å². The first-order valence-electron chi connectivity index (χ1n) is 3.90. The van der Waals surface area contributed by atoms with Gasteiger partial charge in [0.2, 0.25) is 0 Å². The molecule has 1 rings (SSSR count). The molecule has 0 radical (unpaired) electrons. The van der Waals surface area contributed by atoms with Crippen LogP contribution in [0.5, 0.6) is 0 Å². The monoisotopic (exact) mass is 193 g/mol. The maximum Gasteiger partial charge on any atom is 0.156 e. The van der Waals surface area contributed by atoms with Crippen LogP contribution in [-0.4, -0.2) is 13.3 Å². The number of allylic oxidation sites excluding steroid dienone is 1. The second kappa shape index (κ2) is 4.72. The van der Waals surface area contributed by atoms with Crippen LogP contribution in [0.25, 0.3) is 6.08 Å². The fraction of sp³-hybridized carbons (Fsp3) is 0.100. The van der Waals surface area contributed by atoms with Crippen molar-refractivity contribution in [2.45, 2.75) is 0 Å². The van der Waals surface area contributed by atoms with Crippen LogP contribution >= 0.6 is 12.6 Å². The summed E-state index contributed by atoms with van der Waals surface area (Å²) in [5.41, 5.74) is 2.01. The van der Waals surface area contributed by atoms with E-state index in [1.165, 1.54) is 0 Å². The molecule has 0 saturated heterocycles. The average Bonchev–Trinajstić information content (AvgIpc) is 2.19. The Hall–Kier alpha value is -1.22. The normalized spacial score (nSPS) is 11.1. The number of aldehydes is 1.